The lowest BCUT2D eigenvalue weighted by Gasteiger charge is -2.48. The van der Waals surface area contributed by atoms with Crippen molar-refractivity contribution in [2.75, 3.05) is 46.2 Å². The van der Waals surface area contributed by atoms with Gasteiger partial charge in [0.15, 0.2) is 0 Å². The lowest BCUT2D eigenvalue weighted by molar-refractivity contribution is -0.149. The average Bonchev–Trinajstić information content (AvgIpc) is 2.96. The van der Waals surface area contributed by atoms with Gasteiger partial charge in [0.25, 0.3) is 0 Å². The predicted molar refractivity (Wildman–Crippen MR) is 84.3 cm³/mol. The van der Waals surface area contributed by atoms with Crippen molar-refractivity contribution in [3.63, 3.8) is 0 Å². The molecule has 3 aliphatic rings. The molecule has 0 N–H and O–H groups in total. The first-order chi connectivity index (χ1) is 10.4. The SMILES string of the molecule is CO[C@H]1CN(C2CCN(S(C)(=O)=O)CC2)CC[C@@]12CCCO2. The molecule has 128 valence electrons. The van der Waals surface area contributed by atoms with Crippen molar-refractivity contribution in [2.24, 2.45) is 0 Å². The van der Waals surface area contributed by atoms with E-state index < -0.39 is 10.0 Å². The molecular weight excluding hydrogens is 304 g/mol. The van der Waals surface area contributed by atoms with Crippen molar-refractivity contribution < 1.29 is 17.9 Å². The average molecular weight is 332 g/mol. The van der Waals surface area contributed by atoms with Crippen molar-refractivity contribution in [3.05, 3.63) is 0 Å². The van der Waals surface area contributed by atoms with E-state index in [2.05, 4.69) is 4.90 Å². The van der Waals surface area contributed by atoms with E-state index in [4.69, 9.17) is 9.47 Å². The van der Waals surface area contributed by atoms with Gasteiger partial charge in [-0.2, -0.15) is 0 Å². The molecule has 0 aliphatic carbocycles. The van der Waals surface area contributed by atoms with E-state index in [1.54, 1.807) is 11.4 Å². The van der Waals surface area contributed by atoms with Crippen LogP contribution in [0.25, 0.3) is 0 Å². The van der Waals surface area contributed by atoms with E-state index in [9.17, 15) is 8.42 Å². The molecule has 0 aromatic heterocycles. The van der Waals surface area contributed by atoms with Gasteiger partial charge in [-0.05, 0) is 32.1 Å². The van der Waals surface area contributed by atoms with Crippen LogP contribution in [0.5, 0.6) is 0 Å². The Balaban J connectivity index is 1.59. The molecule has 22 heavy (non-hydrogen) atoms. The maximum Gasteiger partial charge on any atom is 0.211 e. The number of nitrogens with zero attached hydrogens (tertiary/aromatic N) is 2. The summed E-state index contributed by atoms with van der Waals surface area (Å²) in [6.07, 6.45) is 6.53. The third kappa shape index (κ3) is 3.19. The van der Waals surface area contributed by atoms with Crippen LogP contribution in [-0.2, 0) is 19.5 Å². The van der Waals surface area contributed by atoms with Gasteiger partial charge in [0.2, 0.25) is 10.0 Å². The summed E-state index contributed by atoms with van der Waals surface area (Å²) in [7, 11) is -1.26. The second kappa shape index (κ2) is 6.36. The molecule has 0 saturated carbocycles. The van der Waals surface area contributed by atoms with Crippen molar-refractivity contribution in [2.45, 2.75) is 49.9 Å². The van der Waals surface area contributed by atoms with E-state index in [-0.39, 0.29) is 11.7 Å². The minimum absolute atomic E-state index is 0.0707. The second-order valence-electron chi connectivity index (χ2n) is 6.88. The number of hydrogen-bond donors (Lipinski definition) is 0. The molecule has 3 aliphatic heterocycles. The Labute approximate surface area is 133 Å². The molecule has 3 heterocycles. The molecule has 3 fully saturated rings. The molecule has 6 nitrogen and oxygen atoms in total. The molecular formula is C15H28N2O4S. The van der Waals surface area contributed by atoms with Crippen molar-refractivity contribution in [3.8, 4) is 0 Å². The molecule has 0 aromatic rings. The van der Waals surface area contributed by atoms with Crippen LogP contribution in [0, 0.1) is 0 Å². The Morgan fingerprint density at radius 2 is 1.91 bits per heavy atom. The quantitative estimate of drug-likeness (QED) is 0.761. The molecule has 3 saturated heterocycles. The maximum absolute atomic E-state index is 11.6. The van der Waals surface area contributed by atoms with Crippen LogP contribution in [0.4, 0.5) is 0 Å². The fourth-order valence-corrected chi connectivity index (χ4v) is 5.17. The summed E-state index contributed by atoms with van der Waals surface area (Å²) in [6.45, 7) is 4.06. The minimum atomic E-state index is -3.04. The molecule has 0 unspecified atom stereocenters. The lowest BCUT2D eigenvalue weighted by Crippen LogP contribution is -2.59. The standard InChI is InChI=1S/C15H28N2O4S/c1-20-14-12-16(10-7-15(14)6-3-11-21-15)13-4-8-17(9-5-13)22(2,18)19/h13-14H,3-12H2,1-2H3/t14-,15-/m0/s1. The first-order valence-corrected chi connectivity index (χ1v) is 10.2. The second-order valence-corrected chi connectivity index (χ2v) is 8.86. The zero-order chi connectivity index (χ0) is 15.8. The maximum atomic E-state index is 11.6. The molecule has 0 bridgehead atoms. The van der Waals surface area contributed by atoms with Gasteiger partial charge in [-0.25, -0.2) is 12.7 Å². The topological polar surface area (TPSA) is 59.1 Å². The first kappa shape index (κ1) is 16.6. The summed E-state index contributed by atoms with van der Waals surface area (Å²) >= 11 is 0. The van der Waals surface area contributed by atoms with Gasteiger partial charge < -0.3 is 9.47 Å². The summed E-state index contributed by atoms with van der Waals surface area (Å²) in [4.78, 5) is 2.49. The van der Waals surface area contributed by atoms with Crippen LogP contribution in [0.2, 0.25) is 0 Å². The van der Waals surface area contributed by atoms with Gasteiger partial charge in [0.05, 0.1) is 18.0 Å². The van der Waals surface area contributed by atoms with E-state index in [0.29, 0.717) is 19.1 Å². The van der Waals surface area contributed by atoms with E-state index >= 15 is 0 Å². The highest BCUT2D eigenvalue weighted by Crippen LogP contribution is 2.38. The zero-order valence-corrected chi connectivity index (χ0v) is 14.5. The van der Waals surface area contributed by atoms with Gasteiger partial charge in [-0.15, -0.1) is 0 Å². The Morgan fingerprint density at radius 3 is 2.45 bits per heavy atom. The highest BCUT2D eigenvalue weighted by molar-refractivity contribution is 7.88. The van der Waals surface area contributed by atoms with Crippen molar-refractivity contribution in [1.82, 2.24) is 9.21 Å². The Morgan fingerprint density at radius 1 is 1.18 bits per heavy atom. The van der Waals surface area contributed by atoms with Gasteiger partial charge in [-0.1, -0.05) is 0 Å². The van der Waals surface area contributed by atoms with Crippen LogP contribution in [0.3, 0.4) is 0 Å². The smallest absolute Gasteiger partial charge is 0.211 e. The minimum Gasteiger partial charge on any atom is -0.377 e. The van der Waals surface area contributed by atoms with E-state index in [0.717, 1.165) is 51.8 Å². The number of sulfonamides is 1. The van der Waals surface area contributed by atoms with Crippen molar-refractivity contribution in [1.29, 1.82) is 0 Å². The third-order valence-electron chi connectivity index (χ3n) is 5.64. The van der Waals surface area contributed by atoms with E-state index in [1.807, 2.05) is 0 Å². The molecule has 0 aromatic carbocycles. The Kier molecular flexibility index (Phi) is 4.81. The van der Waals surface area contributed by atoms with Crippen LogP contribution in [-0.4, -0.2) is 81.5 Å². The number of likely N-dealkylation sites (tertiary alicyclic amines) is 1. The van der Waals surface area contributed by atoms with Crippen LogP contribution in [0.1, 0.15) is 32.1 Å². The highest BCUT2D eigenvalue weighted by atomic mass is 32.2. The molecule has 1 spiro atoms. The molecule has 7 heteroatoms. The number of ether oxygens (including phenoxy) is 2. The predicted octanol–water partition coefficient (Wildman–Crippen LogP) is 0.680. The van der Waals surface area contributed by atoms with Crippen LogP contribution < -0.4 is 0 Å². The number of methoxy groups -OCH3 is 1. The van der Waals surface area contributed by atoms with Gasteiger partial charge >= 0.3 is 0 Å². The first-order valence-electron chi connectivity index (χ1n) is 8.30. The molecule has 0 amide bonds. The fourth-order valence-electron chi connectivity index (χ4n) is 4.29. The highest BCUT2D eigenvalue weighted by Gasteiger charge is 2.47. The normalized spacial score (nSPS) is 36.2. The third-order valence-corrected chi connectivity index (χ3v) is 6.94. The summed E-state index contributed by atoms with van der Waals surface area (Å²) in [5, 5.41) is 0. The molecule has 0 radical (unpaired) electrons. The lowest BCUT2D eigenvalue weighted by atomic mass is 9.84. The number of piperidine rings is 2. The monoisotopic (exact) mass is 332 g/mol. The molecule has 3 rings (SSSR count). The summed E-state index contributed by atoms with van der Waals surface area (Å²) in [5.41, 5.74) is -0.0707. The van der Waals surface area contributed by atoms with Crippen molar-refractivity contribution >= 4 is 10.0 Å². The van der Waals surface area contributed by atoms with Crippen LogP contribution >= 0.6 is 0 Å². The fraction of sp³-hybridized carbons (Fsp3) is 1.00. The molecule has 2 atom stereocenters. The summed E-state index contributed by atoms with van der Waals surface area (Å²) in [6, 6.07) is 0.467. The largest absolute Gasteiger partial charge is 0.377 e. The van der Waals surface area contributed by atoms with Gasteiger partial charge in [0.1, 0.15) is 0 Å². The Bertz CT molecular complexity index is 482. The van der Waals surface area contributed by atoms with Gasteiger partial charge in [-0.3, -0.25) is 4.90 Å². The zero-order valence-electron chi connectivity index (χ0n) is 13.7. The van der Waals surface area contributed by atoms with Gasteiger partial charge in [0, 0.05) is 45.9 Å². The van der Waals surface area contributed by atoms with E-state index in [1.165, 1.54) is 6.26 Å². The number of hydrogen-bond acceptors (Lipinski definition) is 5. The summed E-state index contributed by atoms with van der Waals surface area (Å²) in [5.74, 6) is 0. The summed E-state index contributed by atoms with van der Waals surface area (Å²) < 4.78 is 36.6. The number of rotatable bonds is 3. The van der Waals surface area contributed by atoms with Crippen LogP contribution in [0.15, 0.2) is 0 Å². The Hall–Kier alpha value is -0.210.